The smallest absolute Gasteiger partial charge is 0.0488 e. The van der Waals surface area contributed by atoms with E-state index in [4.69, 9.17) is 0 Å². The summed E-state index contributed by atoms with van der Waals surface area (Å²) >= 11 is 0. The molecule has 89 valence electrons. The average molecular weight is 319 g/mol. The van der Waals surface area contributed by atoms with Gasteiger partial charge in [0.15, 0.2) is 0 Å². The van der Waals surface area contributed by atoms with Crippen LogP contribution in [-0.2, 0) is 39.8 Å². The summed E-state index contributed by atoms with van der Waals surface area (Å²) < 4.78 is 2.28. The maximum absolute atomic E-state index is 3.14. The molecule has 19 heavy (non-hydrogen) atoms. The van der Waals surface area contributed by atoms with Gasteiger partial charge in [-0.25, -0.2) is 0 Å². The van der Waals surface area contributed by atoms with Crippen molar-refractivity contribution in [3.8, 4) is 0 Å². The molecule has 1 radical (unpaired) electrons. The normalized spacial score (nSPS) is 11.0. The van der Waals surface area contributed by atoms with Crippen molar-refractivity contribution in [3.05, 3.63) is 60.7 Å². The first kappa shape index (κ1) is 12.8. The maximum atomic E-state index is 3.14. The molecule has 0 aliphatic rings. The van der Waals surface area contributed by atoms with E-state index in [2.05, 4.69) is 60.1 Å². The minimum atomic E-state index is 0. The Morgan fingerprint density at radius 1 is 0.895 bits per heavy atom. The van der Waals surface area contributed by atoms with Gasteiger partial charge in [0.1, 0.15) is 0 Å². The molecule has 0 spiro atoms. The molecule has 0 unspecified atom stereocenters. The van der Waals surface area contributed by atoms with Crippen LogP contribution in [0.4, 0.5) is 0 Å². The molecule has 0 fully saturated rings. The molecule has 0 N–H and O–H groups in total. The van der Waals surface area contributed by atoms with E-state index in [0.29, 0.717) is 0 Å². The predicted molar refractivity (Wildman–Crippen MR) is 76.8 cm³/mol. The second kappa shape index (κ2) is 4.74. The van der Waals surface area contributed by atoms with Gasteiger partial charge in [-0.15, -0.1) is 16.8 Å². The maximum Gasteiger partial charge on any atom is 0.0488 e. The summed E-state index contributed by atoms with van der Waals surface area (Å²) in [6.07, 6.45) is 0. The second-order valence-corrected chi connectivity index (χ2v) is 4.69. The Morgan fingerprint density at radius 3 is 2.63 bits per heavy atom. The molecule has 0 amide bonds. The van der Waals surface area contributed by atoms with E-state index >= 15 is 0 Å². The van der Waals surface area contributed by atoms with Crippen molar-refractivity contribution < 1.29 is 32.7 Å². The van der Waals surface area contributed by atoms with Crippen LogP contribution in [0.3, 0.4) is 0 Å². The first-order valence-corrected chi connectivity index (χ1v) is 6.12. The number of benzene rings is 3. The van der Waals surface area contributed by atoms with Gasteiger partial charge in [0, 0.05) is 61.6 Å². The van der Waals surface area contributed by atoms with E-state index in [-0.39, 0.29) is 32.7 Å². The molecular formula is C17H12NY-. The third-order valence-corrected chi connectivity index (χ3v) is 3.73. The number of para-hydroxylation sites is 1. The summed E-state index contributed by atoms with van der Waals surface area (Å²) in [5.74, 6) is 0. The molecule has 4 rings (SSSR count). The van der Waals surface area contributed by atoms with Crippen molar-refractivity contribution in [1.29, 1.82) is 0 Å². The summed E-state index contributed by atoms with van der Waals surface area (Å²) in [5, 5.41) is 5.19. The van der Waals surface area contributed by atoms with Gasteiger partial charge in [-0.05, 0) is 6.07 Å². The van der Waals surface area contributed by atoms with Crippen LogP contribution in [-0.4, -0.2) is 4.57 Å². The monoisotopic (exact) mass is 319 g/mol. The van der Waals surface area contributed by atoms with Crippen LogP contribution in [0.5, 0.6) is 0 Å². The number of rotatable bonds is 0. The van der Waals surface area contributed by atoms with Crippen LogP contribution in [0.2, 0.25) is 0 Å². The van der Waals surface area contributed by atoms with E-state index in [0.717, 1.165) is 0 Å². The van der Waals surface area contributed by atoms with Crippen LogP contribution in [0, 0.1) is 6.07 Å². The minimum absolute atomic E-state index is 0. The number of aryl methyl sites for hydroxylation is 1. The van der Waals surface area contributed by atoms with Gasteiger partial charge < -0.3 is 4.57 Å². The minimum Gasteiger partial charge on any atom is -0.345 e. The molecule has 0 atom stereocenters. The third-order valence-electron chi connectivity index (χ3n) is 3.73. The van der Waals surface area contributed by atoms with Crippen LogP contribution < -0.4 is 0 Å². The molecule has 4 aromatic rings. The molecule has 1 nitrogen and oxygen atoms in total. The Labute approximate surface area is 137 Å². The van der Waals surface area contributed by atoms with Gasteiger partial charge in [-0.1, -0.05) is 24.3 Å². The van der Waals surface area contributed by atoms with Gasteiger partial charge in [-0.2, -0.15) is 24.3 Å². The second-order valence-electron chi connectivity index (χ2n) is 4.69. The van der Waals surface area contributed by atoms with E-state index < -0.39 is 0 Å². The SMILES string of the molecule is Cn1c2ccccc2c2ccc3c[c-]ccc3c21.[Y]. The molecule has 1 heterocycles. The first-order valence-electron chi connectivity index (χ1n) is 6.12. The van der Waals surface area contributed by atoms with Gasteiger partial charge in [0.2, 0.25) is 0 Å². The fourth-order valence-corrected chi connectivity index (χ4v) is 2.89. The Bertz CT molecular complexity index is 890. The summed E-state index contributed by atoms with van der Waals surface area (Å²) in [7, 11) is 2.14. The van der Waals surface area contributed by atoms with Crippen molar-refractivity contribution in [3.63, 3.8) is 0 Å². The number of aromatic nitrogens is 1. The fraction of sp³-hybridized carbons (Fsp3) is 0.0588. The van der Waals surface area contributed by atoms with Gasteiger partial charge in [0.05, 0.1) is 0 Å². The molecule has 0 bridgehead atoms. The molecular weight excluding hydrogens is 307 g/mol. The Balaban J connectivity index is 0.00000110. The van der Waals surface area contributed by atoms with Crippen molar-refractivity contribution in [2.75, 3.05) is 0 Å². The fourth-order valence-electron chi connectivity index (χ4n) is 2.89. The van der Waals surface area contributed by atoms with Crippen LogP contribution in [0.1, 0.15) is 0 Å². The van der Waals surface area contributed by atoms with Gasteiger partial charge in [-0.3, -0.25) is 0 Å². The van der Waals surface area contributed by atoms with Crippen molar-refractivity contribution >= 4 is 32.6 Å². The molecule has 0 saturated heterocycles. The number of nitrogens with zero attached hydrogens (tertiary/aromatic N) is 1. The zero-order chi connectivity index (χ0) is 12.1. The molecule has 0 aliphatic heterocycles. The molecule has 1 aromatic heterocycles. The summed E-state index contributed by atoms with van der Waals surface area (Å²) in [5.41, 5.74) is 2.59. The number of fused-ring (bicyclic) bond motifs is 5. The molecule has 3 aromatic carbocycles. The van der Waals surface area contributed by atoms with E-state index in [1.54, 1.807) is 0 Å². The summed E-state index contributed by atoms with van der Waals surface area (Å²) in [6, 6.07) is 22.3. The van der Waals surface area contributed by atoms with Crippen molar-refractivity contribution in [1.82, 2.24) is 4.57 Å². The van der Waals surface area contributed by atoms with E-state index in [1.165, 1.54) is 32.6 Å². The Kier molecular flexibility index (Phi) is 3.20. The van der Waals surface area contributed by atoms with Crippen LogP contribution in [0.15, 0.2) is 54.6 Å². The van der Waals surface area contributed by atoms with Crippen LogP contribution >= 0.6 is 0 Å². The van der Waals surface area contributed by atoms with Crippen molar-refractivity contribution in [2.24, 2.45) is 7.05 Å². The largest absolute Gasteiger partial charge is 0.345 e. The molecule has 0 aliphatic carbocycles. The van der Waals surface area contributed by atoms with E-state index in [1.807, 2.05) is 12.1 Å². The topological polar surface area (TPSA) is 4.93 Å². The number of hydrogen-bond donors (Lipinski definition) is 0. The average Bonchev–Trinajstić information content (AvgIpc) is 2.73. The van der Waals surface area contributed by atoms with Gasteiger partial charge >= 0.3 is 0 Å². The summed E-state index contributed by atoms with van der Waals surface area (Å²) in [4.78, 5) is 0. The molecule has 2 heteroatoms. The Morgan fingerprint density at radius 2 is 1.74 bits per heavy atom. The summed E-state index contributed by atoms with van der Waals surface area (Å²) in [6.45, 7) is 0. The standard InChI is InChI=1S/C17H12N.Y/c1-18-16-9-5-4-8-14(16)15-11-10-12-6-2-3-7-13(12)17(15)18;/h3-11H,1H3;/q-1;. The quantitative estimate of drug-likeness (QED) is 0.426. The third kappa shape index (κ3) is 1.76. The molecule has 0 saturated carbocycles. The zero-order valence-corrected chi connectivity index (χ0v) is 13.6. The first-order chi connectivity index (χ1) is 8.86. The number of hydrogen-bond acceptors (Lipinski definition) is 0. The van der Waals surface area contributed by atoms with Gasteiger partial charge in [0.25, 0.3) is 0 Å². The Hall–Kier alpha value is -1.18. The van der Waals surface area contributed by atoms with Crippen molar-refractivity contribution in [2.45, 2.75) is 0 Å². The van der Waals surface area contributed by atoms with E-state index in [9.17, 15) is 0 Å². The van der Waals surface area contributed by atoms with Crippen LogP contribution in [0.25, 0.3) is 32.6 Å². The zero-order valence-electron chi connectivity index (χ0n) is 10.7. The predicted octanol–water partition coefficient (Wildman–Crippen LogP) is 4.28.